The normalized spacial score (nSPS) is 11.5. The van der Waals surface area contributed by atoms with Crippen molar-refractivity contribution in [2.75, 3.05) is 26.0 Å². The summed E-state index contributed by atoms with van der Waals surface area (Å²) in [6, 6.07) is 11.4. The molecule has 7 heteroatoms. The highest BCUT2D eigenvalue weighted by atomic mass is 35.5. The number of rotatable bonds is 6. The second-order valence-electron chi connectivity index (χ2n) is 6.18. The summed E-state index contributed by atoms with van der Waals surface area (Å²) < 4.78 is 0. The van der Waals surface area contributed by atoms with Crippen molar-refractivity contribution in [1.29, 1.82) is 0 Å². The number of nitrogens with zero attached hydrogens (tertiary/aromatic N) is 1. The van der Waals surface area contributed by atoms with Gasteiger partial charge in [0.15, 0.2) is 0 Å². The molecule has 1 aliphatic rings. The fourth-order valence-corrected chi connectivity index (χ4v) is 3.09. The third-order valence-electron chi connectivity index (χ3n) is 4.27. The van der Waals surface area contributed by atoms with Crippen LogP contribution in [0.5, 0.6) is 0 Å². The Hall–Kier alpha value is -2.57. The van der Waals surface area contributed by atoms with Crippen molar-refractivity contribution < 1.29 is 14.7 Å². The molecule has 0 saturated carbocycles. The Morgan fingerprint density at radius 3 is 2.52 bits per heavy atom. The minimum atomic E-state index is 0.0693. The highest BCUT2D eigenvalue weighted by molar-refractivity contribution is 6.31. The third kappa shape index (κ3) is 7.07. The van der Waals surface area contributed by atoms with E-state index in [0.29, 0.717) is 30.9 Å². The second kappa shape index (κ2) is 12.8. The summed E-state index contributed by atoms with van der Waals surface area (Å²) >= 11 is 5.94. The van der Waals surface area contributed by atoms with Gasteiger partial charge in [-0.3, -0.25) is 9.59 Å². The van der Waals surface area contributed by atoms with E-state index >= 15 is 0 Å². The molecule has 3 rings (SSSR count). The van der Waals surface area contributed by atoms with Gasteiger partial charge < -0.3 is 20.6 Å². The number of carbonyl (C=O) groups excluding carboxylic acids is 2. The first-order chi connectivity index (χ1) is 14.0. The lowest BCUT2D eigenvalue weighted by atomic mass is 10.1. The van der Waals surface area contributed by atoms with E-state index in [0.717, 1.165) is 27.9 Å². The van der Waals surface area contributed by atoms with Crippen LogP contribution >= 0.6 is 11.6 Å². The summed E-state index contributed by atoms with van der Waals surface area (Å²) in [5.74, 6) is 0.0693. The van der Waals surface area contributed by atoms with Crippen LogP contribution in [0.1, 0.15) is 40.9 Å². The number of aliphatic hydroxyl groups is 1. The number of aliphatic hydroxyl groups excluding tert-OH is 1. The third-order valence-corrected chi connectivity index (χ3v) is 4.62. The Morgan fingerprint density at radius 2 is 1.93 bits per heavy atom. The number of fused-ring (bicyclic) bond motifs is 1. The molecule has 1 heterocycles. The fourth-order valence-electron chi connectivity index (χ4n) is 2.81. The Morgan fingerprint density at radius 1 is 1.21 bits per heavy atom. The summed E-state index contributed by atoms with van der Waals surface area (Å²) in [6.45, 7) is 5.30. The molecule has 158 valence electrons. The van der Waals surface area contributed by atoms with E-state index < -0.39 is 0 Å². The molecule has 0 bridgehead atoms. The molecule has 0 saturated heterocycles. The van der Waals surface area contributed by atoms with Crippen molar-refractivity contribution >= 4 is 29.6 Å². The van der Waals surface area contributed by atoms with Gasteiger partial charge in [-0.05, 0) is 41.3 Å². The lowest BCUT2D eigenvalue weighted by Crippen LogP contribution is -2.17. The SMILES string of the molecule is CC.CN1Cc2cc(CNC=O)ccc2C1=O.CNc1ccc(CCO)c(Cl)c1. The molecule has 0 aliphatic carbocycles. The molecular formula is C22H30ClN3O3. The Kier molecular flexibility index (Phi) is 10.8. The van der Waals surface area contributed by atoms with E-state index in [1.807, 2.05) is 57.3 Å². The quantitative estimate of drug-likeness (QED) is 0.626. The topological polar surface area (TPSA) is 81.7 Å². The molecule has 2 amide bonds. The first-order valence-electron chi connectivity index (χ1n) is 9.61. The van der Waals surface area contributed by atoms with Gasteiger partial charge in [0.1, 0.15) is 0 Å². The summed E-state index contributed by atoms with van der Waals surface area (Å²) in [5, 5.41) is 15.0. The zero-order valence-corrected chi connectivity index (χ0v) is 18.2. The van der Waals surface area contributed by atoms with Gasteiger partial charge in [-0.25, -0.2) is 0 Å². The molecule has 0 spiro atoms. The van der Waals surface area contributed by atoms with Gasteiger partial charge in [0.05, 0.1) is 0 Å². The van der Waals surface area contributed by atoms with Crippen LogP contribution in [0, 0.1) is 0 Å². The molecule has 0 aromatic heterocycles. The monoisotopic (exact) mass is 419 g/mol. The number of carbonyl (C=O) groups is 2. The van der Waals surface area contributed by atoms with Gasteiger partial charge in [-0.15, -0.1) is 0 Å². The van der Waals surface area contributed by atoms with Crippen LogP contribution < -0.4 is 10.6 Å². The number of anilines is 1. The van der Waals surface area contributed by atoms with E-state index in [1.165, 1.54) is 0 Å². The summed E-state index contributed by atoms with van der Waals surface area (Å²) in [4.78, 5) is 23.4. The van der Waals surface area contributed by atoms with Crippen molar-refractivity contribution in [3.8, 4) is 0 Å². The average Bonchev–Trinajstić information content (AvgIpc) is 3.03. The van der Waals surface area contributed by atoms with Gasteiger partial charge in [0.2, 0.25) is 6.41 Å². The molecule has 0 fully saturated rings. The Balaban J connectivity index is 0.000000273. The predicted octanol–water partition coefficient (Wildman–Crippen LogP) is 3.46. The van der Waals surface area contributed by atoms with Crippen LogP contribution in [0.4, 0.5) is 5.69 Å². The molecular weight excluding hydrogens is 390 g/mol. The fraction of sp³-hybridized carbons (Fsp3) is 0.364. The summed E-state index contributed by atoms with van der Waals surface area (Å²) in [6.07, 6.45) is 1.29. The number of hydrogen-bond acceptors (Lipinski definition) is 4. The number of amides is 2. The van der Waals surface area contributed by atoms with Crippen molar-refractivity contribution in [3.05, 3.63) is 63.7 Å². The number of hydrogen-bond donors (Lipinski definition) is 3. The van der Waals surface area contributed by atoms with E-state index in [1.54, 1.807) is 11.9 Å². The van der Waals surface area contributed by atoms with Crippen LogP contribution in [0.25, 0.3) is 0 Å². The second-order valence-corrected chi connectivity index (χ2v) is 6.59. The number of nitrogens with one attached hydrogen (secondary N) is 2. The van der Waals surface area contributed by atoms with Gasteiger partial charge >= 0.3 is 0 Å². The summed E-state index contributed by atoms with van der Waals surface area (Å²) in [5.41, 5.74) is 4.80. The Bertz CT molecular complexity index is 812. The minimum Gasteiger partial charge on any atom is -0.396 e. The van der Waals surface area contributed by atoms with Crippen molar-refractivity contribution in [2.24, 2.45) is 0 Å². The van der Waals surface area contributed by atoms with Crippen molar-refractivity contribution in [1.82, 2.24) is 10.2 Å². The average molecular weight is 420 g/mol. The standard InChI is InChI=1S/C11H12N2O2.C9H12ClNO.C2H6/c1-13-6-9-4-8(5-12-7-14)2-3-10(9)11(13)15;1-11-8-3-2-7(4-5-12)9(10)6-8;1-2/h2-4,7H,5-6H2,1H3,(H,12,14);2-3,6,11-12H,4-5H2,1H3;1-2H3. The Labute approximate surface area is 177 Å². The van der Waals surface area contributed by atoms with Crippen LogP contribution in [0.15, 0.2) is 36.4 Å². The molecule has 3 N–H and O–H groups in total. The van der Waals surface area contributed by atoms with E-state index in [2.05, 4.69) is 10.6 Å². The molecule has 6 nitrogen and oxygen atoms in total. The van der Waals surface area contributed by atoms with Crippen molar-refractivity contribution in [2.45, 2.75) is 33.4 Å². The van der Waals surface area contributed by atoms with Crippen LogP contribution in [-0.2, 0) is 24.3 Å². The first-order valence-corrected chi connectivity index (χ1v) is 9.99. The largest absolute Gasteiger partial charge is 0.396 e. The predicted molar refractivity (Wildman–Crippen MR) is 118 cm³/mol. The molecule has 29 heavy (non-hydrogen) atoms. The number of benzene rings is 2. The maximum atomic E-state index is 11.6. The molecule has 2 aromatic carbocycles. The van der Waals surface area contributed by atoms with E-state index in [4.69, 9.17) is 16.7 Å². The molecule has 0 unspecified atom stereocenters. The molecule has 0 atom stereocenters. The zero-order chi connectivity index (χ0) is 21.8. The minimum absolute atomic E-state index is 0.0693. The highest BCUT2D eigenvalue weighted by Crippen LogP contribution is 2.22. The summed E-state index contributed by atoms with van der Waals surface area (Å²) in [7, 11) is 3.63. The van der Waals surface area contributed by atoms with Crippen molar-refractivity contribution in [3.63, 3.8) is 0 Å². The highest BCUT2D eigenvalue weighted by Gasteiger charge is 2.23. The van der Waals surface area contributed by atoms with Gasteiger partial charge in [-0.1, -0.05) is 43.6 Å². The van der Waals surface area contributed by atoms with E-state index in [-0.39, 0.29) is 12.5 Å². The lowest BCUT2D eigenvalue weighted by Gasteiger charge is -2.04. The molecule has 1 aliphatic heterocycles. The van der Waals surface area contributed by atoms with Crippen LogP contribution in [0.2, 0.25) is 5.02 Å². The number of halogens is 1. The van der Waals surface area contributed by atoms with Crippen LogP contribution in [-0.4, -0.2) is 43.0 Å². The van der Waals surface area contributed by atoms with Gasteiger partial charge in [-0.2, -0.15) is 0 Å². The van der Waals surface area contributed by atoms with Crippen LogP contribution in [0.3, 0.4) is 0 Å². The van der Waals surface area contributed by atoms with E-state index in [9.17, 15) is 9.59 Å². The lowest BCUT2D eigenvalue weighted by molar-refractivity contribution is -0.109. The smallest absolute Gasteiger partial charge is 0.254 e. The maximum absolute atomic E-state index is 11.6. The first kappa shape index (κ1) is 24.5. The zero-order valence-electron chi connectivity index (χ0n) is 17.5. The molecule has 0 radical (unpaired) electrons. The van der Waals surface area contributed by atoms with Gasteiger partial charge in [0.25, 0.3) is 5.91 Å². The molecule has 2 aromatic rings. The maximum Gasteiger partial charge on any atom is 0.254 e. The van der Waals surface area contributed by atoms with Gasteiger partial charge in [0, 0.05) is 50.1 Å².